The zero-order valence-corrected chi connectivity index (χ0v) is 14.7. The van der Waals surface area contributed by atoms with E-state index in [4.69, 9.17) is 4.42 Å². The van der Waals surface area contributed by atoms with Crippen LogP contribution in [0, 0.1) is 6.92 Å². The van der Waals surface area contributed by atoms with Crippen LogP contribution in [0.5, 0.6) is 0 Å². The molecule has 0 aliphatic heterocycles. The van der Waals surface area contributed by atoms with E-state index in [-0.39, 0.29) is 17.6 Å². The topological polar surface area (TPSA) is 71.3 Å². The Morgan fingerprint density at radius 1 is 1.04 bits per heavy atom. The first kappa shape index (κ1) is 16.3. The lowest BCUT2D eigenvalue weighted by atomic mass is 10.1. The van der Waals surface area contributed by atoms with Gasteiger partial charge in [-0.3, -0.25) is 9.59 Å². The summed E-state index contributed by atoms with van der Waals surface area (Å²) in [5.74, 6) is -0.231. The van der Waals surface area contributed by atoms with Crippen molar-refractivity contribution in [2.75, 3.05) is 10.6 Å². The van der Waals surface area contributed by atoms with Gasteiger partial charge in [-0.05, 0) is 43.3 Å². The normalized spacial score (nSPS) is 10.6. The summed E-state index contributed by atoms with van der Waals surface area (Å²) in [7, 11) is 0. The molecule has 0 unspecified atom stereocenters. The van der Waals surface area contributed by atoms with Crippen LogP contribution >= 0.6 is 15.9 Å². The molecule has 0 bridgehead atoms. The number of aryl methyl sites for hydroxylation is 1. The zero-order valence-electron chi connectivity index (χ0n) is 13.1. The Bertz CT molecular complexity index is 947. The first-order valence-electron chi connectivity index (χ1n) is 7.31. The Balaban J connectivity index is 1.87. The fourth-order valence-corrected chi connectivity index (χ4v) is 2.84. The van der Waals surface area contributed by atoms with Crippen LogP contribution in [0.2, 0.25) is 0 Å². The lowest BCUT2D eigenvalue weighted by Gasteiger charge is -2.07. The maximum Gasteiger partial charge on any atom is 0.291 e. The summed E-state index contributed by atoms with van der Waals surface area (Å²) in [4.78, 5) is 23.6. The van der Waals surface area contributed by atoms with Crippen LogP contribution in [-0.4, -0.2) is 11.8 Å². The number of halogens is 1. The molecular formula is C18H15BrN2O3. The maximum absolute atomic E-state index is 12.5. The molecule has 0 fully saturated rings. The highest BCUT2D eigenvalue weighted by atomic mass is 79.9. The van der Waals surface area contributed by atoms with Gasteiger partial charge in [0.15, 0.2) is 5.76 Å². The standard InChI is InChI=1S/C18H15BrN2O3/c1-10-15-8-12(19)6-7-16(15)24-17(10)18(23)21-14-5-3-4-13(9-14)20-11(2)22/h3-9H,1-2H3,(H,20,22)(H,21,23). The van der Waals surface area contributed by atoms with E-state index >= 15 is 0 Å². The monoisotopic (exact) mass is 386 g/mol. The van der Waals surface area contributed by atoms with E-state index in [1.165, 1.54) is 6.92 Å². The highest BCUT2D eigenvalue weighted by molar-refractivity contribution is 9.10. The summed E-state index contributed by atoms with van der Waals surface area (Å²) in [5.41, 5.74) is 2.63. The summed E-state index contributed by atoms with van der Waals surface area (Å²) in [6.07, 6.45) is 0. The SMILES string of the molecule is CC(=O)Nc1cccc(NC(=O)c2oc3ccc(Br)cc3c2C)c1. The number of amides is 2. The number of furan rings is 1. The molecule has 0 saturated carbocycles. The molecule has 6 heteroatoms. The molecule has 122 valence electrons. The second-order valence-electron chi connectivity index (χ2n) is 5.41. The van der Waals surface area contributed by atoms with Gasteiger partial charge in [-0.25, -0.2) is 0 Å². The lowest BCUT2D eigenvalue weighted by molar-refractivity contribution is -0.114. The second-order valence-corrected chi connectivity index (χ2v) is 6.33. The van der Waals surface area contributed by atoms with Crippen molar-refractivity contribution in [3.8, 4) is 0 Å². The molecule has 0 spiro atoms. The van der Waals surface area contributed by atoms with Crippen molar-refractivity contribution in [2.45, 2.75) is 13.8 Å². The van der Waals surface area contributed by atoms with Crippen molar-refractivity contribution in [3.05, 3.63) is 58.3 Å². The Morgan fingerprint density at radius 3 is 2.46 bits per heavy atom. The van der Waals surface area contributed by atoms with Crippen LogP contribution in [0.15, 0.2) is 51.4 Å². The Labute approximate surface area is 147 Å². The molecule has 0 atom stereocenters. The average Bonchev–Trinajstić information content (AvgIpc) is 2.84. The van der Waals surface area contributed by atoms with E-state index in [0.29, 0.717) is 17.0 Å². The largest absolute Gasteiger partial charge is 0.451 e. The average molecular weight is 387 g/mol. The summed E-state index contributed by atoms with van der Waals surface area (Å²) in [6, 6.07) is 12.5. The molecule has 1 heterocycles. The number of rotatable bonds is 3. The zero-order chi connectivity index (χ0) is 17.3. The summed E-state index contributed by atoms with van der Waals surface area (Å²) in [6.45, 7) is 3.28. The van der Waals surface area contributed by atoms with Crippen molar-refractivity contribution >= 4 is 50.1 Å². The lowest BCUT2D eigenvalue weighted by Crippen LogP contribution is -2.12. The van der Waals surface area contributed by atoms with Crippen LogP contribution in [-0.2, 0) is 4.79 Å². The van der Waals surface area contributed by atoms with Gasteiger partial charge in [0.1, 0.15) is 5.58 Å². The van der Waals surface area contributed by atoms with E-state index in [1.54, 1.807) is 24.3 Å². The molecule has 0 radical (unpaired) electrons. The number of fused-ring (bicyclic) bond motifs is 1. The molecule has 24 heavy (non-hydrogen) atoms. The van der Waals surface area contributed by atoms with Crippen LogP contribution in [0.4, 0.5) is 11.4 Å². The van der Waals surface area contributed by atoms with Gasteiger partial charge in [-0.15, -0.1) is 0 Å². The van der Waals surface area contributed by atoms with Gasteiger partial charge in [0.25, 0.3) is 5.91 Å². The fourth-order valence-electron chi connectivity index (χ4n) is 2.48. The van der Waals surface area contributed by atoms with Crippen LogP contribution in [0.3, 0.4) is 0 Å². The van der Waals surface area contributed by atoms with E-state index in [0.717, 1.165) is 15.4 Å². The fraction of sp³-hybridized carbons (Fsp3) is 0.111. The number of benzene rings is 2. The summed E-state index contributed by atoms with van der Waals surface area (Å²) >= 11 is 3.42. The van der Waals surface area contributed by atoms with Crippen molar-refractivity contribution < 1.29 is 14.0 Å². The molecule has 3 aromatic rings. The smallest absolute Gasteiger partial charge is 0.291 e. The van der Waals surface area contributed by atoms with Gasteiger partial charge in [0.05, 0.1) is 0 Å². The van der Waals surface area contributed by atoms with Crippen molar-refractivity contribution in [2.24, 2.45) is 0 Å². The minimum absolute atomic E-state index is 0.169. The Hall–Kier alpha value is -2.60. The van der Waals surface area contributed by atoms with Gasteiger partial charge in [0.2, 0.25) is 5.91 Å². The number of hydrogen-bond acceptors (Lipinski definition) is 3. The predicted octanol–water partition coefficient (Wildman–Crippen LogP) is 4.71. The van der Waals surface area contributed by atoms with E-state index in [9.17, 15) is 9.59 Å². The third-order valence-electron chi connectivity index (χ3n) is 3.55. The molecule has 2 aromatic carbocycles. The van der Waals surface area contributed by atoms with Crippen molar-refractivity contribution in [1.82, 2.24) is 0 Å². The molecule has 2 amide bonds. The maximum atomic E-state index is 12.5. The van der Waals surface area contributed by atoms with Gasteiger partial charge in [-0.2, -0.15) is 0 Å². The molecule has 2 N–H and O–H groups in total. The summed E-state index contributed by atoms with van der Waals surface area (Å²) in [5, 5.41) is 6.36. The molecule has 0 saturated heterocycles. The quantitative estimate of drug-likeness (QED) is 0.684. The number of nitrogens with one attached hydrogen (secondary N) is 2. The number of hydrogen-bond donors (Lipinski definition) is 2. The molecule has 1 aromatic heterocycles. The van der Waals surface area contributed by atoms with Gasteiger partial charge in [0, 0.05) is 33.7 Å². The molecule has 0 aliphatic rings. The highest BCUT2D eigenvalue weighted by Crippen LogP contribution is 2.28. The number of carbonyl (C=O) groups excluding carboxylic acids is 2. The highest BCUT2D eigenvalue weighted by Gasteiger charge is 2.18. The van der Waals surface area contributed by atoms with Crippen LogP contribution < -0.4 is 10.6 Å². The van der Waals surface area contributed by atoms with Gasteiger partial charge in [-0.1, -0.05) is 22.0 Å². The predicted molar refractivity (Wildman–Crippen MR) is 97.3 cm³/mol. The number of anilines is 2. The molecule has 0 aliphatic carbocycles. The minimum Gasteiger partial charge on any atom is -0.451 e. The van der Waals surface area contributed by atoms with Crippen molar-refractivity contribution in [1.29, 1.82) is 0 Å². The molecular weight excluding hydrogens is 372 g/mol. The minimum atomic E-state index is -0.334. The number of carbonyl (C=O) groups is 2. The Morgan fingerprint density at radius 2 is 1.75 bits per heavy atom. The van der Waals surface area contributed by atoms with Crippen LogP contribution in [0.25, 0.3) is 11.0 Å². The third kappa shape index (κ3) is 3.33. The molecule has 5 nitrogen and oxygen atoms in total. The van der Waals surface area contributed by atoms with Gasteiger partial charge < -0.3 is 15.1 Å². The third-order valence-corrected chi connectivity index (χ3v) is 4.04. The first-order chi connectivity index (χ1) is 11.4. The van der Waals surface area contributed by atoms with Crippen LogP contribution in [0.1, 0.15) is 23.0 Å². The first-order valence-corrected chi connectivity index (χ1v) is 8.11. The molecule has 3 rings (SSSR count). The van der Waals surface area contributed by atoms with E-state index in [1.807, 2.05) is 25.1 Å². The Kier molecular flexibility index (Phi) is 4.40. The van der Waals surface area contributed by atoms with Crippen molar-refractivity contribution in [3.63, 3.8) is 0 Å². The van der Waals surface area contributed by atoms with E-state index < -0.39 is 0 Å². The second kappa shape index (κ2) is 6.49. The van der Waals surface area contributed by atoms with E-state index in [2.05, 4.69) is 26.6 Å². The van der Waals surface area contributed by atoms with Gasteiger partial charge >= 0.3 is 0 Å². The summed E-state index contributed by atoms with van der Waals surface area (Å²) < 4.78 is 6.60.